The van der Waals surface area contributed by atoms with Crippen LogP contribution < -0.4 is 15.0 Å². The lowest BCUT2D eigenvalue weighted by atomic mass is 10.1. The van der Waals surface area contributed by atoms with E-state index in [1.807, 2.05) is 67.7 Å². The van der Waals surface area contributed by atoms with E-state index in [0.717, 1.165) is 18.7 Å². The molecule has 0 fully saturated rings. The summed E-state index contributed by atoms with van der Waals surface area (Å²) in [5.41, 5.74) is 1.47. The highest BCUT2D eigenvalue weighted by Crippen LogP contribution is 2.28. The third-order valence-corrected chi connectivity index (χ3v) is 5.29. The molecule has 0 aliphatic rings. The molecule has 0 aliphatic carbocycles. The van der Waals surface area contributed by atoms with Crippen LogP contribution in [0, 0.1) is 0 Å². The van der Waals surface area contributed by atoms with Gasteiger partial charge in [-0.05, 0) is 55.4 Å². The predicted molar refractivity (Wildman–Crippen MR) is 112 cm³/mol. The number of nitrogens with zero attached hydrogens (tertiary/aromatic N) is 1. The third-order valence-electron chi connectivity index (χ3n) is 4.32. The Morgan fingerprint density at radius 3 is 2.63 bits per heavy atom. The molecule has 1 N–H and O–H groups in total. The summed E-state index contributed by atoms with van der Waals surface area (Å²) in [7, 11) is 3.72. The molecule has 0 spiro atoms. The number of hydrogen-bond donors (Lipinski definition) is 1. The molecule has 1 atom stereocenters. The lowest BCUT2D eigenvalue weighted by Gasteiger charge is -2.20. The van der Waals surface area contributed by atoms with Crippen LogP contribution in [0.1, 0.15) is 27.8 Å². The minimum atomic E-state index is -0.0606. The fourth-order valence-electron chi connectivity index (χ4n) is 2.84. The first-order chi connectivity index (χ1) is 13.2. The predicted octanol–water partition coefficient (Wildman–Crippen LogP) is 4.75. The second-order valence-electron chi connectivity index (χ2n) is 6.24. The number of ether oxygens (including phenoxy) is 1. The summed E-state index contributed by atoms with van der Waals surface area (Å²) < 4.78 is 6.24. The summed E-state index contributed by atoms with van der Waals surface area (Å²) in [5, 5.41) is 5.23. The van der Waals surface area contributed by atoms with Crippen LogP contribution in [0.5, 0.6) is 5.75 Å². The topological polar surface area (TPSA) is 41.6 Å². The number of anilines is 1. The van der Waals surface area contributed by atoms with E-state index in [2.05, 4.69) is 16.8 Å². The Hall–Kier alpha value is -2.63. The van der Waals surface area contributed by atoms with Crippen molar-refractivity contribution < 1.29 is 9.53 Å². The number of para-hydroxylation sites is 1. The number of amides is 1. The molecular formula is C22H24N2O2S. The van der Waals surface area contributed by atoms with E-state index < -0.39 is 0 Å². The summed E-state index contributed by atoms with van der Waals surface area (Å²) in [6, 6.07) is 21.2. The maximum Gasteiger partial charge on any atom is 0.258 e. The summed E-state index contributed by atoms with van der Waals surface area (Å²) in [4.78, 5) is 15.7. The fraction of sp³-hybridized carbons (Fsp3) is 0.227. The Bertz CT molecular complexity index is 850. The van der Waals surface area contributed by atoms with Gasteiger partial charge in [0.25, 0.3) is 5.91 Å². The smallest absolute Gasteiger partial charge is 0.258 e. The number of benzene rings is 2. The van der Waals surface area contributed by atoms with Crippen molar-refractivity contribution in [2.45, 2.75) is 12.5 Å². The van der Waals surface area contributed by atoms with Crippen molar-refractivity contribution in [2.24, 2.45) is 0 Å². The van der Waals surface area contributed by atoms with E-state index in [-0.39, 0.29) is 12.0 Å². The summed E-state index contributed by atoms with van der Waals surface area (Å²) in [5.74, 6) is 0.645. The normalized spacial score (nSPS) is 11.8. The van der Waals surface area contributed by atoms with E-state index in [1.54, 1.807) is 23.3 Å². The monoisotopic (exact) mass is 380 g/mol. The highest BCUT2D eigenvalue weighted by atomic mass is 32.1. The van der Waals surface area contributed by atoms with Gasteiger partial charge in [-0.1, -0.05) is 30.3 Å². The second kappa shape index (κ2) is 9.35. The van der Waals surface area contributed by atoms with E-state index in [4.69, 9.17) is 4.74 Å². The SMILES string of the molecule is CNCCC(Oc1cccc(C(=O)N(C)c2ccccc2)c1)c1cccs1. The van der Waals surface area contributed by atoms with Gasteiger partial charge in [-0.15, -0.1) is 11.3 Å². The van der Waals surface area contributed by atoms with Gasteiger partial charge in [0.15, 0.2) is 0 Å². The van der Waals surface area contributed by atoms with Crippen LogP contribution in [0.15, 0.2) is 72.1 Å². The maximum absolute atomic E-state index is 12.8. The zero-order chi connectivity index (χ0) is 19.1. The molecule has 0 saturated heterocycles. The summed E-state index contributed by atoms with van der Waals surface area (Å²) in [6.45, 7) is 0.859. The van der Waals surface area contributed by atoms with Gasteiger partial charge in [0, 0.05) is 29.6 Å². The average Bonchev–Trinajstić information content (AvgIpc) is 3.25. The number of rotatable bonds is 8. The first-order valence-electron chi connectivity index (χ1n) is 8.97. The highest BCUT2D eigenvalue weighted by molar-refractivity contribution is 7.10. The van der Waals surface area contributed by atoms with E-state index in [1.165, 1.54) is 4.88 Å². The van der Waals surface area contributed by atoms with Crippen LogP contribution in [-0.4, -0.2) is 26.5 Å². The number of carbonyl (C=O) groups excluding carboxylic acids is 1. The fourth-order valence-corrected chi connectivity index (χ4v) is 3.63. The van der Waals surface area contributed by atoms with Crippen molar-refractivity contribution in [3.05, 3.63) is 82.6 Å². The van der Waals surface area contributed by atoms with Crippen molar-refractivity contribution in [3.63, 3.8) is 0 Å². The molecule has 27 heavy (non-hydrogen) atoms. The van der Waals surface area contributed by atoms with Gasteiger partial charge in [0.2, 0.25) is 0 Å². The molecule has 0 aliphatic heterocycles. The molecule has 1 amide bonds. The summed E-state index contributed by atoms with van der Waals surface area (Å²) in [6.07, 6.45) is 0.827. The number of nitrogens with one attached hydrogen (secondary N) is 1. The minimum absolute atomic E-state index is 0.0327. The Morgan fingerprint density at radius 2 is 1.93 bits per heavy atom. The molecule has 3 rings (SSSR count). The van der Waals surface area contributed by atoms with Crippen LogP contribution in [0.3, 0.4) is 0 Å². The molecule has 0 bridgehead atoms. The minimum Gasteiger partial charge on any atom is -0.485 e. The zero-order valence-corrected chi connectivity index (χ0v) is 16.4. The largest absolute Gasteiger partial charge is 0.485 e. The quantitative estimate of drug-likeness (QED) is 0.613. The summed E-state index contributed by atoms with van der Waals surface area (Å²) >= 11 is 1.69. The molecule has 0 saturated carbocycles. The Morgan fingerprint density at radius 1 is 1.11 bits per heavy atom. The second-order valence-corrected chi connectivity index (χ2v) is 7.22. The van der Waals surface area contributed by atoms with Gasteiger partial charge in [-0.2, -0.15) is 0 Å². The van der Waals surface area contributed by atoms with Crippen LogP contribution >= 0.6 is 11.3 Å². The van der Waals surface area contributed by atoms with Crippen LogP contribution in [-0.2, 0) is 0 Å². The van der Waals surface area contributed by atoms with E-state index in [9.17, 15) is 4.79 Å². The maximum atomic E-state index is 12.8. The van der Waals surface area contributed by atoms with Crippen LogP contribution in [0.25, 0.3) is 0 Å². The van der Waals surface area contributed by atoms with Gasteiger partial charge >= 0.3 is 0 Å². The van der Waals surface area contributed by atoms with Crippen LogP contribution in [0.4, 0.5) is 5.69 Å². The number of thiophene rings is 1. The molecule has 140 valence electrons. The van der Waals surface area contributed by atoms with Gasteiger partial charge < -0.3 is 15.0 Å². The van der Waals surface area contributed by atoms with Crippen molar-refractivity contribution in [1.29, 1.82) is 0 Å². The lowest BCUT2D eigenvalue weighted by Crippen LogP contribution is -2.26. The lowest BCUT2D eigenvalue weighted by molar-refractivity contribution is 0.0992. The Labute approximate surface area is 164 Å². The Kier molecular flexibility index (Phi) is 6.63. The van der Waals surface area contributed by atoms with Crippen molar-refractivity contribution >= 4 is 22.9 Å². The van der Waals surface area contributed by atoms with E-state index in [0.29, 0.717) is 11.3 Å². The third kappa shape index (κ3) is 4.96. The Balaban J connectivity index is 1.77. The number of hydrogen-bond acceptors (Lipinski definition) is 4. The van der Waals surface area contributed by atoms with Gasteiger partial charge in [0.1, 0.15) is 11.9 Å². The molecule has 1 unspecified atom stereocenters. The first-order valence-corrected chi connectivity index (χ1v) is 9.85. The molecule has 2 aromatic carbocycles. The van der Waals surface area contributed by atoms with Gasteiger partial charge in [0.05, 0.1) is 0 Å². The van der Waals surface area contributed by atoms with Crippen molar-refractivity contribution in [2.75, 3.05) is 25.5 Å². The van der Waals surface area contributed by atoms with Crippen molar-refractivity contribution in [3.8, 4) is 5.75 Å². The standard InChI is InChI=1S/C22H24N2O2S/c1-23-14-13-20(21-12-7-15-27-21)26-19-11-6-8-17(16-19)22(25)24(2)18-9-4-3-5-10-18/h3-12,15-16,20,23H,13-14H2,1-2H3. The molecule has 0 radical (unpaired) electrons. The van der Waals surface area contributed by atoms with Crippen molar-refractivity contribution in [1.82, 2.24) is 5.32 Å². The zero-order valence-electron chi connectivity index (χ0n) is 15.6. The van der Waals surface area contributed by atoms with Crippen LogP contribution in [0.2, 0.25) is 0 Å². The number of carbonyl (C=O) groups is 1. The van der Waals surface area contributed by atoms with Gasteiger partial charge in [-0.3, -0.25) is 4.79 Å². The molecular weight excluding hydrogens is 356 g/mol. The molecule has 4 nitrogen and oxygen atoms in total. The average molecular weight is 381 g/mol. The highest BCUT2D eigenvalue weighted by Gasteiger charge is 2.17. The van der Waals surface area contributed by atoms with Gasteiger partial charge in [-0.25, -0.2) is 0 Å². The molecule has 5 heteroatoms. The molecule has 3 aromatic rings. The first kappa shape index (κ1) is 19.1. The van der Waals surface area contributed by atoms with E-state index >= 15 is 0 Å². The molecule has 1 aromatic heterocycles. The molecule has 1 heterocycles.